The number of fused-ring (bicyclic) bond motifs is 1. The van der Waals surface area contributed by atoms with Gasteiger partial charge in [-0.2, -0.15) is 0 Å². The van der Waals surface area contributed by atoms with Gasteiger partial charge in [0.05, 0.1) is 11.0 Å². The molecule has 0 saturated heterocycles. The molecule has 9 heteroatoms. The number of benzene rings is 2. The molecule has 1 aliphatic heterocycles. The number of rotatable bonds is 5. The van der Waals surface area contributed by atoms with Crippen LogP contribution < -0.4 is 14.8 Å². The molecule has 2 aromatic rings. The van der Waals surface area contributed by atoms with Gasteiger partial charge in [-0.05, 0) is 31.5 Å². The zero-order valence-corrected chi connectivity index (χ0v) is 14.6. The number of aryl methyl sites for hydroxylation is 1. The summed E-state index contributed by atoms with van der Waals surface area (Å²) < 4.78 is 15.3. The molecule has 140 valence electrons. The summed E-state index contributed by atoms with van der Waals surface area (Å²) in [6.07, 6.45) is -1.16. The number of amides is 1. The monoisotopic (exact) mass is 372 g/mol. The maximum atomic E-state index is 12.4. The van der Waals surface area contributed by atoms with Gasteiger partial charge in [-0.1, -0.05) is 12.1 Å². The van der Waals surface area contributed by atoms with Crippen molar-refractivity contribution < 1.29 is 28.7 Å². The smallest absolute Gasteiger partial charge is 0.346 e. The minimum absolute atomic E-state index is 0.0969. The van der Waals surface area contributed by atoms with Crippen molar-refractivity contribution >= 4 is 23.3 Å². The topological polar surface area (TPSA) is 117 Å². The van der Waals surface area contributed by atoms with E-state index >= 15 is 0 Å². The van der Waals surface area contributed by atoms with Crippen LogP contribution in [-0.2, 0) is 9.53 Å². The van der Waals surface area contributed by atoms with E-state index in [4.69, 9.17) is 14.2 Å². The molecular formula is C18H16N2O7. The Kier molecular flexibility index (Phi) is 4.93. The molecule has 0 radical (unpaired) electrons. The van der Waals surface area contributed by atoms with Crippen LogP contribution in [0.5, 0.6) is 11.5 Å². The highest BCUT2D eigenvalue weighted by atomic mass is 16.7. The van der Waals surface area contributed by atoms with E-state index in [1.165, 1.54) is 13.0 Å². The minimum Gasteiger partial charge on any atom is -0.454 e. The SMILES string of the molecule is Cc1cccc(NC(=O)C(C)OC(=O)c2cc3c(cc2[N+](=O)[O-])OCO3)c1. The average molecular weight is 372 g/mol. The fourth-order valence-corrected chi connectivity index (χ4v) is 2.49. The maximum absolute atomic E-state index is 12.4. The Morgan fingerprint density at radius 1 is 1.22 bits per heavy atom. The third-order valence-corrected chi connectivity index (χ3v) is 3.85. The van der Waals surface area contributed by atoms with Gasteiger partial charge in [-0.15, -0.1) is 0 Å². The van der Waals surface area contributed by atoms with Crippen molar-refractivity contribution in [3.05, 3.63) is 57.6 Å². The molecule has 0 aliphatic carbocycles. The predicted molar refractivity (Wildman–Crippen MR) is 93.9 cm³/mol. The van der Waals surface area contributed by atoms with Crippen LogP contribution in [0.2, 0.25) is 0 Å². The largest absolute Gasteiger partial charge is 0.454 e. The quantitative estimate of drug-likeness (QED) is 0.487. The highest BCUT2D eigenvalue weighted by molar-refractivity contribution is 5.99. The molecule has 1 aliphatic rings. The Morgan fingerprint density at radius 2 is 1.93 bits per heavy atom. The molecular weight excluding hydrogens is 356 g/mol. The van der Waals surface area contributed by atoms with E-state index in [-0.39, 0.29) is 23.9 Å². The number of nitro benzene ring substituents is 1. The Labute approximate surface area is 154 Å². The third kappa shape index (κ3) is 3.97. The molecule has 0 saturated carbocycles. The van der Waals surface area contributed by atoms with Gasteiger partial charge in [0.1, 0.15) is 5.56 Å². The normalized spacial score (nSPS) is 13.0. The third-order valence-electron chi connectivity index (χ3n) is 3.85. The first-order chi connectivity index (χ1) is 12.8. The maximum Gasteiger partial charge on any atom is 0.346 e. The van der Waals surface area contributed by atoms with E-state index in [1.807, 2.05) is 13.0 Å². The molecule has 2 aromatic carbocycles. The highest BCUT2D eigenvalue weighted by Gasteiger charge is 2.30. The van der Waals surface area contributed by atoms with Crippen LogP contribution in [0, 0.1) is 17.0 Å². The van der Waals surface area contributed by atoms with Crippen LogP contribution in [0.3, 0.4) is 0 Å². The van der Waals surface area contributed by atoms with E-state index in [9.17, 15) is 19.7 Å². The van der Waals surface area contributed by atoms with Crippen LogP contribution >= 0.6 is 0 Å². The molecule has 1 amide bonds. The molecule has 9 nitrogen and oxygen atoms in total. The fraction of sp³-hybridized carbons (Fsp3) is 0.222. The first-order valence-electron chi connectivity index (χ1n) is 8.01. The van der Waals surface area contributed by atoms with Gasteiger partial charge in [-0.25, -0.2) is 4.79 Å². The number of nitrogens with one attached hydrogen (secondary N) is 1. The zero-order valence-electron chi connectivity index (χ0n) is 14.6. The van der Waals surface area contributed by atoms with E-state index < -0.39 is 28.6 Å². The summed E-state index contributed by atoms with van der Waals surface area (Å²) in [6.45, 7) is 3.15. The molecule has 27 heavy (non-hydrogen) atoms. The number of carbonyl (C=O) groups is 2. The van der Waals surface area contributed by atoms with Gasteiger partial charge in [0, 0.05) is 11.8 Å². The Hall–Kier alpha value is -3.62. The molecule has 0 spiro atoms. The fourth-order valence-electron chi connectivity index (χ4n) is 2.49. The second-order valence-corrected chi connectivity index (χ2v) is 5.89. The lowest BCUT2D eigenvalue weighted by Gasteiger charge is -2.14. The Balaban J connectivity index is 1.74. The van der Waals surface area contributed by atoms with Crippen LogP contribution in [0.25, 0.3) is 0 Å². The number of esters is 1. The molecule has 0 bridgehead atoms. The molecule has 1 N–H and O–H groups in total. The van der Waals surface area contributed by atoms with Crippen molar-refractivity contribution in [2.45, 2.75) is 20.0 Å². The van der Waals surface area contributed by atoms with Crippen molar-refractivity contribution in [3.63, 3.8) is 0 Å². The van der Waals surface area contributed by atoms with Crippen LogP contribution in [-0.4, -0.2) is 29.7 Å². The van der Waals surface area contributed by atoms with Crippen molar-refractivity contribution in [1.82, 2.24) is 0 Å². The first kappa shape index (κ1) is 18.2. The number of nitro groups is 1. The average Bonchev–Trinajstić information content (AvgIpc) is 3.07. The van der Waals surface area contributed by atoms with E-state index in [1.54, 1.807) is 18.2 Å². The predicted octanol–water partition coefficient (Wildman–Crippen LogP) is 2.82. The van der Waals surface area contributed by atoms with Gasteiger partial charge < -0.3 is 19.5 Å². The summed E-state index contributed by atoms with van der Waals surface area (Å²) in [5.74, 6) is -1.20. The molecule has 0 aromatic heterocycles. The lowest BCUT2D eigenvalue weighted by atomic mass is 10.1. The summed E-state index contributed by atoms with van der Waals surface area (Å²) in [5, 5.41) is 13.9. The van der Waals surface area contributed by atoms with Crippen LogP contribution in [0.1, 0.15) is 22.8 Å². The summed E-state index contributed by atoms with van der Waals surface area (Å²) in [5.41, 5.74) is 0.695. The van der Waals surface area contributed by atoms with Gasteiger partial charge >= 0.3 is 5.97 Å². The van der Waals surface area contributed by atoms with E-state index in [2.05, 4.69) is 5.32 Å². The number of anilines is 1. The molecule has 1 atom stereocenters. The van der Waals surface area contributed by atoms with Crippen molar-refractivity contribution in [2.24, 2.45) is 0 Å². The molecule has 1 unspecified atom stereocenters. The van der Waals surface area contributed by atoms with E-state index in [0.29, 0.717) is 5.69 Å². The summed E-state index contributed by atoms with van der Waals surface area (Å²) >= 11 is 0. The second-order valence-electron chi connectivity index (χ2n) is 5.89. The van der Waals surface area contributed by atoms with Crippen molar-refractivity contribution in [2.75, 3.05) is 12.1 Å². The number of hydrogen-bond donors (Lipinski definition) is 1. The molecule has 0 fully saturated rings. The lowest BCUT2D eigenvalue weighted by molar-refractivity contribution is -0.385. The summed E-state index contributed by atoms with van der Waals surface area (Å²) in [4.78, 5) is 35.1. The molecule has 1 heterocycles. The van der Waals surface area contributed by atoms with Crippen molar-refractivity contribution in [3.8, 4) is 11.5 Å². The number of carbonyl (C=O) groups excluding carboxylic acids is 2. The Morgan fingerprint density at radius 3 is 2.59 bits per heavy atom. The lowest BCUT2D eigenvalue weighted by Crippen LogP contribution is -2.30. The number of nitrogens with zero attached hydrogens (tertiary/aromatic N) is 1. The highest BCUT2D eigenvalue weighted by Crippen LogP contribution is 2.38. The van der Waals surface area contributed by atoms with Gasteiger partial charge in [-0.3, -0.25) is 14.9 Å². The summed E-state index contributed by atoms with van der Waals surface area (Å²) in [7, 11) is 0. The summed E-state index contributed by atoms with van der Waals surface area (Å²) in [6, 6.07) is 9.37. The number of hydrogen-bond acceptors (Lipinski definition) is 7. The van der Waals surface area contributed by atoms with Gasteiger partial charge in [0.25, 0.3) is 11.6 Å². The van der Waals surface area contributed by atoms with Gasteiger partial charge in [0.15, 0.2) is 17.6 Å². The first-order valence-corrected chi connectivity index (χ1v) is 8.01. The standard InChI is InChI=1S/C18H16N2O7/c1-10-4-3-5-12(6-10)19-17(21)11(2)27-18(22)13-7-15-16(26-9-25-15)8-14(13)20(23)24/h3-8,11H,9H2,1-2H3,(H,19,21). The van der Waals surface area contributed by atoms with Crippen molar-refractivity contribution in [1.29, 1.82) is 0 Å². The second kappa shape index (κ2) is 7.32. The van der Waals surface area contributed by atoms with Gasteiger partial charge in [0.2, 0.25) is 6.79 Å². The van der Waals surface area contributed by atoms with Crippen LogP contribution in [0.4, 0.5) is 11.4 Å². The zero-order chi connectivity index (χ0) is 19.6. The number of ether oxygens (including phenoxy) is 3. The minimum atomic E-state index is -1.16. The van der Waals surface area contributed by atoms with Crippen LogP contribution in [0.15, 0.2) is 36.4 Å². The Bertz CT molecular complexity index is 926. The molecule has 3 rings (SSSR count). The van der Waals surface area contributed by atoms with E-state index in [0.717, 1.165) is 11.6 Å².